The number of carbonyl (C=O) groups excluding carboxylic acids is 2. The molecule has 45 heavy (non-hydrogen) atoms. The van der Waals surface area contributed by atoms with Gasteiger partial charge in [-0.05, 0) is 59.5 Å². The summed E-state index contributed by atoms with van der Waals surface area (Å²) in [4.78, 5) is 30.4. The first-order valence-electron chi connectivity index (χ1n) is 14.4. The zero-order valence-electron chi connectivity index (χ0n) is 24.8. The number of rotatable bonds is 7. The molecule has 2 aliphatic heterocycles. The van der Waals surface area contributed by atoms with Gasteiger partial charge in [0.15, 0.2) is 28.9 Å². The van der Waals surface area contributed by atoms with Crippen molar-refractivity contribution in [1.82, 2.24) is 0 Å². The number of para-hydroxylation sites is 2. The van der Waals surface area contributed by atoms with Crippen LogP contribution in [-0.4, -0.2) is 40.0 Å². The molecular formula is C36H29NO8. The smallest absolute Gasteiger partial charge is 0.328 e. The Morgan fingerprint density at radius 2 is 1.36 bits per heavy atom. The van der Waals surface area contributed by atoms with Crippen LogP contribution in [0.2, 0.25) is 0 Å². The first kappa shape index (κ1) is 28.1. The topological polar surface area (TPSA) is 92.8 Å². The number of hydrogen-bond acceptors (Lipinski definition) is 9. The van der Waals surface area contributed by atoms with Crippen molar-refractivity contribution < 1.29 is 38.0 Å². The van der Waals surface area contributed by atoms with Crippen molar-refractivity contribution >= 4 is 28.4 Å². The molecule has 0 N–H and O–H groups in total. The maximum Gasteiger partial charge on any atom is 0.328 e. The Balaban J connectivity index is 1.46. The van der Waals surface area contributed by atoms with Gasteiger partial charge < -0.3 is 33.3 Å². The van der Waals surface area contributed by atoms with Crippen molar-refractivity contribution in [2.75, 3.05) is 33.0 Å². The molecule has 0 saturated heterocycles. The molecule has 1 unspecified atom stereocenters. The number of nitrogens with zero attached hydrogens (tertiary/aromatic N) is 1. The standard InChI is InChI=1S/C36H29NO8/c1-37-32-25(15-14-21-18-28-29(19-26(21)32)43-20-42-28)24-16-17-27(40-2)34(41-3)30(24)33(37)31(35(38)44-22-10-6-4-7-11-22)36(39)45-23-12-8-5-9-13-23/h4-19,31,33H,20H2,1-3H3. The summed E-state index contributed by atoms with van der Waals surface area (Å²) in [7, 11) is 4.92. The summed E-state index contributed by atoms with van der Waals surface area (Å²) in [5.74, 6) is -0.297. The zero-order chi connectivity index (χ0) is 31.1. The summed E-state index contributed by atoms with van der Waals surface area (Å²) < 4.78 is 34.7. The molecule has 7 rings (SSSR count). The van der Waals surface area contributed by atoms with Crippen molar-refractivity contribution in [3.05, 3.63) is 103 Å². The summed E-state index contributed by atoms with van der Waals surface area (Å²) in [6.45, 7) is 0.130. The molecule has 5 aromatic carbocycles. The zero-order valence-corrected chi connectivity index (χ0v) is 24.8. The SMILES string of the molecule is COc1ccc2c(c1OC)C(C(C(=O)Oc1ccccc1)C(=O)Oc1ccccc1)N(C)c1c-2ccc2cc3c(cc12)OCO3. The second-order valence-electron chi connectivity index (χ2n) is 10.7. The van der Waals surface area contributed by atoms with E-state index in [-0.39, 0.29) is 6.79 Å². The number of benzene rings is 5. The largest absolute Gasteiger partial charge is 0.493 e. The fraction of sp³-hybridized carbons (Fsp3) is 0.167. The van der Waals surface area contributed by atoms with E-state index in [9.17, 15) is 9.59 Å². The molecule has 9 heteroatoms. The Morgan fingerprint density at radius 3 is 1.96 bits per heavy atom. The number of ether oxygens (including phenoxy) is 6. The average molecular weight is 604 g/mol. The molecule has 0 aliphatic carbocycles. The predicted molar refractivity (Wildman–Crippen MR) is 167 cm³/mol. The maximum atomic E-state index is 14.2. The van der Waals surface area contributed by atoms with E-state index in [4.69, 9.17) is 28.4 Å². The molecule has 0 spiro atoms. The monoisotopic (exact) mass is 603 g/mol. The normalized spacial score (nSPS) is 14.5. The third kappa shape index (κ3) is 4.82. The lowest BCUT2D eigenvalue weighted by Gasteiger charge is -2.41. The van der Waals surface area contributed by atoms with E-state index in [2.05, 4.69) is 0 Å². The van der Waals surface area contributed by atoms with E-state index < -0.39 is 23.9 Å². The fourth-order valence-electron chi connectivity index (χ4n) is 6.19. The van der Waals surface area contributed by atoms with Crippen LogP contribution in [0.25, 0.3) is 21.9 Å². The van der Waals surface area contributed by atoms with Gasteiger partial charge in [-0.25, -0.2) is 0 Å². The Kier molecular flexibility index (Phi) is 7.13. The van der Waals surface area contributed by atoms with Gasteiger partial charge in [-0.1, -0.05) is 48.5 Å². The summed E-state index contributed by atoms with van der Waals surface area (Å²) >= 11 is 0. The van der Waals surface area contributed by atoms with Crippen LogP contribution in [0.4, 0.5) is 5.69 Å². The third-order valence-corrected chi connectivity index (χ3v) is 8.17. The molecule has 1 atom stereocenters. The Labute approximate surface area is 259 Å². The number of fused-ring (bicyclic) bond motifs is 6. The van der Waals surface area contributed by atoms with Crippen molar-refractivity contribution in [3.8, 4) is 45.6 Å². The Morgan fingerprint density at radius 1 is 0.756 bits per heavy atom. The minimum absolute atomic E-state index is 0.130. The van der Waals surface area contributed by atoms with Crippen molar-refractivity contribution in [3.63, 3.8) is 0 Å². The molecule has 2 aliphatic rings. The third-order valence-electron chi connectivity index (χ3n) is 8.17. The van der Waals surface area contributed by atoms with E-state index in [0.717, 1.165) is 27.6 Å². The number of esters is 2. The lowest BCUT2D eigenvalue weighted by atomic mass is 9.80. The number of methoxy groups -OCH3 is 2. The van der Waals surface area contributed by atoms with Crippen LogP contribution in [-0.2, 0) is 9.59 Å². The van der Waals surface area contributed by atoms with E-state index in [1.807, 2.05) is 60.5 Å². The van der Waals surface area contributed by atoms with Crippen LogP contribution in [0.1, 0.15) is 11.6 Å². The molecule has 9 nitrogen and oxygen atoms in total. The molecule has 0 amide bonds. The number of anilines is 1. The molecule has 0 radical (unpaired) electrons. The van der Waals surface area contributed by atoms with Gasteiger partial charge in [0, 0.05) is 23.6 Å². The summed E-state index contributed by atoms with van der Waals surface area (Å²) in [5.41, 5.74) is 3.03. The van der Waals surface area contributed by atoms with Gasteiger partial charge in [0.05, 0.1) is 25.9 Å². The van der Waals surface area contributed by atoms with Crippen LogP contribution in [0, 0.1) is 5.92 Å². The first-order chi connectivity index (χ1) is 22.0. The van der Waals surface area contributed by atoms with E-state index in [1.54, 1.807) is 55.6 Å². The highest BCUT2D eigenvalue weighted by molar-refractivity contribution is 6.07. The molecular weight excluding hydrogens is 574 g/mol. The van der Waals surface area contributed by atoms with E-state index >= 15 is 0 Å². The van der Waals surface area contributed by atoms with E-state index in [1.165, 1.54) is 7.11 Å². The minimum atomic E-state index is -1.45. The highest BCUT2D eigenvalue weighted by Crippen LogP contribution is 2.55. The van der Waals surface area contributed by atoms with Gasteiger partial charge >= 0.3 is 11.9 Å². The second-order valence-corrected chi connectivity index (χ2v) is 10.7. The molecule has 2 heterocycles. The van der Waals surface area contributed by atoms with Gasteiger partial charge in [0.1, 0.15) is 11.5 Å². The van der Waals surface area contributed by atoms with Crippen molar-refractivity contribution in [2.24, 2.45) is 5.92 Å². The van der Waals surface area contributed by atoms with Crippen LogP contribution in [0.5, 0.6) is 34.5 Å². The molecule has 5 aromatic rings. The molecule has 0 fully saturated rings. The highest BCUT2D eigenvalue weighted by Gasteiger charge is 2.47. The molecule has 0 saturated carbocycles. The predicted octanol–water partition coefficient (Wildman–Crippen LogP) is 6.57. The fourth-order valence-corrected chi connectivity index (χ4v) is 6.19. The quantitative estimate of drug-likeness (QED) is 0.116. The van der Waals surface area contributed by atoms with Crippen LogP contribution < -0.4 is 33.3 Å². The minimum Gasteiger partial charge on any atom is -0.493 e. The maximum absolute atomic E-state index is 14.2. The molecule has 226 valence electrons. The second kappa shape index (κ2) is 11.4. The number of hydrogen-bond donors (Lipinski definition) is 0. The first-order valence-corrected chi connectivity index (χ1v) is 14.4. The highest BCUT2D eigenvalue weighted by atomic mass is 16.7. The summed E-state index contributed by atoms with van der Waals surface area (Å²) in [6.07, 6.45) is 0. The van der Waals surface area contributed by atoms with Gasteiger partial charge in [0.25, 0.3) is 0 Å². The Bertz CT molecular complexity index is 1870. The van der Waals surface area contributed by atoms with Gasteiger partial charge in [-0.2, -0.15) is 0 Å². The van der Waals surface area contributed by atoms with E-state index in [0.29, 0.717) is 40.1 Å². The van der Waals surface area contributed by atoms with Gasteiger partial charge in [-0.15, -0.1) is 0 Å². The van der Waals surface area contributed by atoms with Crippen LogP contribution in [0.3, 0.4) is 0 Å². The summed E-state index contributed by atoms with van der Waals surface area (Å²) in [6, 6.07) is 27.9. The van der Waals surface area contributed by atoms with Gasteiger partial charge in [-0.3, -0.25) is 9.59 Å². The summed E-state index contributed by atoms with van der Waals surface area (Å²) in [5, 5.41) is 1.76. The molecule has 0 bridgehead atoms. The van der Waals surface area contributed by atoms with Gasteiger partial charge in [0.2, 0.25) is 6.79 Å². The molecule has 0 aromatic heterocycles. The number of carbonyl (C=O) groups is 2. The lowest BCUT2D eigenvalue weighted by Crippen LogP contribution is -2.44. The average Bonchev–Trinajstić information content (AvgIpc) is 3.52. The van der Waals surface area contributed by atoms with Crippen LogP contribution >= 0.6 is 0 Å². The van der Waals surface area contributed by atoms with Crippen molar-refractivity contribution in [1.29, 1.82) is 0 Å². The lowest BCUT2D eigenvalue weighted by molar-refractivity contribution is -0.152. The van der Waals surface area contributed by atoms with Crippen molar-refractivity contribution in [2.45, 2.75) is 6.04 Å². The van der Waals surface area contributed by atoms with Crippen LogP contribution in [0.15, 0.2) is 97.1 Å². The Hall–Kier alpha value is -5.70.